The molecule has 1 aliphatic rings. The highest BCUT2D eigenvalue weighted by molar-refractivity contribution is 7.92. The van der Waals surface area contributed by atoms with Crippen molar-refractivity contribution in [1.29, 1.82) is 0 Å². The molecule has 5 heteroatoms. The van der Waals surface area contributed by atoms with E-state index in [0.717, 1.165) is 0 Å². The molecule has 1 aliphatic heterocycles. The lowest BCUT2D eigenvalue weighted by atomic mass is 10.1. The van der Waals surface area contributed by atoms with Gasteiger partial charge in [0.15, 0.2) is 9.84 Å². The molecule has 2 N–H and O–H groups in total. The lowest BCUT2D eigenvalue weighted by Gasteiger charge is -2.36. The summed E-state index contributed by atoms with van der Waals surface area (Å²) < 4.78 is 23.6. The molecule has 1 aromatic rings. The highest BCUT2D eigenvalue weighted by Gasteiger charge is 2.33. The van der Waals surface area contributed by atoms with E-state index in [2.05, 4.69) is 24.0 Å². The maximum absolute atomic E-state index is 11.8. The van der Waals surface area contributed by atoms with E-state index < -0.39 is 15.1 Å². The van der Waals surface area contributed by atoms with Crippen molar-refractivity contribution in [2.75, 3.05) is 25.4 Å². The standard InChI is InChI=1S/C13H20N2O2S/c1-11(12-5-3-2-4-6-12)15-7-8-18(16,17)13(9-14)10-15/h2-6,11,13H,7-10,14H2,1H3. The normalized spacial score (nSPS) is 25.8. The maximum atomic E-state index is 11.8. The Morgan fingerprint density at radius 1 is 1.39 bits per heavy atom. The molecule has 18 heavy (non-hydrogen) atoms. The molecule has 2 rings (SSSR count). The average Bonchev–Trinajstić information content (AvgIpc) is 2.39. The van der Waals surface area contributed by atoms with Crippen LogP contribution in [0.4, 0.5) is 0 Å². The molecule has 1 heterocycles. The van der Waals surface area contributed by atoms with Crippen molar-refractivity contribution in [3.8, 4) is 0 Å². The SMILES string of the molecule is CC(c1ccccc1)N1CCS(=O)(=O)C(CN)C1. The number of sulfone groups is 1. The van der Waals surface area contributed by atoms with Gasteiger partial charge in [-0.15, -0.1) is 0 Å². The van der Waals surface area contributed by atoms with Crippen molar-refractivity contribution < 1.29 is 8.42 Å². The van der Waals surface area contributed by atoms with E-state index >= 15 is 0 Å². The summed E-state index contributed by atoms with van der Waals surface area (Å²) in [7, 11) is -2.99. The van der Waals surface area contributed by atoms with Gasteiger partial charge in [0.1, 0.15) is 0 Å². The minimum Gasteiger partial charge on any atom is -0.329 e. The van der Waals surface area contributed by atoms with Crippen molar-refractivity contribution in [3.63, 3.8) is 0 Å². The van der Waals surface area contributed by atoms with E-state index in [9.17, 15) is 8.42 Å². The van der Waals surface area contributed by atoms with Crippen LogP contribution in [-0.4, -0.2) is 44.0 Å². The summed E-state index contributed by atoms with van der Waals surface area (Å²) in [6, 6.07) is 10.4. The fourth-order valence-electron chi connectivity index (χ4n) is 2.39. The molecule has 0 aliphatic carbocycles. The van der Waals surface area contributed by atoms with Gasteiger partial charge in [-0.05, 0) is 12.5 Å². The van der Waals surface area contributed by atoms with Crippen LogP contribution in [-0.2, 0) is 9.84 Å². The van der Waals surface area contributed by atoms with Crippen LogP contribution in [0, 0.1) is 0 Å². The van der Waals surface area contributed by atoms with E-state index in [1.807, 2.05) is 18.2 Å². The smallest absolute Gasteiger partial charge is 0.156 e. The first kappa shape index (κ1) is 13.5. The van der Waals surface area contributed by atoms with Gasteiger partial charge in [0.25, 0.3) is 0 Å². The minimum atomic E-state index is -2.99. The highest BCUT2D eigenvalue weighted by Crippen LogP contribution is 2.24. The summed E-state index contributed by atoms with van der Waals surface area (Å²) in [4.78, 5) is 2.20. The molecule has 2 unspecified atom stereocenters. The van der Waals surface area contributed by atoms with E-state index in [1.165, 1.54) is 5.56 Å². The first-order chi connectivity index (χ1) is 8.54. The van der Waals surface area contributed by atoms with E-state index in [0.29, 0.717) is 13.1 Å². The molecule has 0 spiro atoms. The summed E-state index contributed by atoms with van der Waals surface area (Å²) >= 11 is 0. The number of hydrogen-bond acceptors (Lipinski definition) is 4. The number of nitrogens with two attached hydrogens (primary N) is 1. The van der Waals surface area contributed by atoms with Crippen LogP contribution >= 0.6 is 0 Å². The second kappa shape index (κ2) is 5.38. The molecule has 0 amide bonds. The summed E-state index contributed by atoms with van der Waals surface area (Å²) in [5.74, 6) is 0.214. The third-order valence-electron chi connectivity index (χ3n) is 3.70. The fraction of sp³-hybridized carbons (Fsp3) is 0.538. The predicted octanol–water partition coefficient (Wildman–Crippen LogP) is 0.805. The van der Waals surface area contributed by atoms with Crippen molar-refractivity contribution in [2.24, 2.45) is 5.73 Å². The van der Waals surface area contributed by atoms with Crippen LogP contribution in [0.25, 0.3) is 0 Å². The summed E-state index contributed by atoms with van der Waals surface area (Å²) in [5, 5.41) is -0.419. The number of rotatable bonds is 3. The quantitative estimate of drug-likeness (QED) is 0.881. The predicted molar refractivity (Wildman–Crippen MR) is 73.1 cm³/mol. The largest absolute Gasteiger partial charge is 0.329 e. The van der Waals surface area contributed by atoms with Crippen LogP contribution in [0.2, 0.25) is 0 Å². The van der Waals surface area contributed by atoms with E-state index in [-0.39, 0.29) is 18.3 Å². The van der Waals surface area contributed by atoms with Gasteiger partial charge in [-0.2, -0.15) is 0 Å². The minimum absolute atomic E-state index is 0.209. The number of nitrogens with zero attached hydrogens (tertiary/aromatic N) is 1. The number of hydrogen-bond donors (Lipinski definition) is 1. The molecule has 0 radical (unpaired) electrons. The molecule has 100 valence electrons. The second-order valence-electron chi connectivity index (χ2n) is 4.81. The van der Waals surface area contributed by atoms with Gasteiger partial charge in [0, 0.05) is 25.7 Å². The molecular formula is C13H20N2O2S. The Hall–Kier alpha value is -0.910. The Labute approximate surface area is 109 Å². The van der Waals surface area contributed by atoms with Crippen molar-refractivity contribution in [1.82, 2.24) is 4.90 Å². The van der Waals surface area contributed by atoms with Gasteiger partial charge < -0.3 is 5.73 Å². The third-order valence-corrected chi connectivity index (χ3v) is 5.81. The fourth-order valence-corrected chi connectivity index (χ4v) is 3.93. The van der Waals surface area contributed by atoms with Gasteiger partial charge in [-0.25, -0.2) is 8.42 Å². The summed E-state index contributed by atoms with van der Waals surface area (Å²) in [6.45, 7) is 3.45. The first-order valence-corrected chi connectivity index (χ1v) is 7.97. The second-order valence-corrected chi connectivity index (χ2v) is 7.21. The van der Waals surface area contributed by atoms with Crippen molar-refractivity contribution >= 4 is 9.84 Å². The topological polar surface area (TPSA) is 63.4 Å². The molecule has 0 aromatic heterocycles. The average molecular weight is 268 g/mol. The van der Waals surface area contributed by atoms with Gasteiger partial charge >= 0.3 is 0 Å². The molecule has 2 atom stereocenters. The molecule has 1 fully saturated rings. The Kier molecular flexibility index (Phi) is 4.04. The molecule has 0 bridgehead atoms. The molecule has 1 saturated heterocycles. The Morgan fingerprint density at radius 2 is 2.06 bits per heavy atom. The lowest BCUT2D eigenvalue weighted by Crippen LogP contribution is -2.50. The molecule has 4 nitrogen and oxygen atoms in total. The third kappa shape index (κ3) is 2.74. The van der Waals surface area contributed by atoms with Crippen molar-refractivity contribution in [3.05, 3.63) is 35.9 Å². The zero-order valence-corrected chi connectivity index (χ0v) is 11.4. The highest BCUT2D eigenvalue weighted by atomic mass is 32.2. The first-order valence-electron chi connectivity index (χ1n) is 6.25. The maximum Gasteiger partial charge on any atom is 0.156 e. The van der Waals surface area contributed by atoms with Crippen LogP contribution in [0.5, 0.6) is 0 Å². The number of benzene rings is 1. The lowest BCUT2D eigenvalue weighted by molar-refractivity contribution is 0.213. The zero-order chi connectivity index (χ0) is 13.2. The molecule has 1 aromatic carbocycles. The Morgan fingerprint density at radius 3 is 2.67 bits per heavy atom. The zero-order valence-electron chi connectivity index (χ0n) is 10.6. The summed E-state index contributed by atoms with van der Waals surface area (Å²) in [6.07, 6.45) is 0. The summed E-state index contributed by atoms with van der Waals surface area (Å²) in [5.41, 5.74) is 6.79. The van der Waals surface area contributed by atoms with E-state index in [1.54, 1.807) is 0 Å². The van der Waals surface area contributed by atoms with Crippen LogP contribution in [0.3, 0.4) is 0 Å². The van der Waals surface area contributed by atoms with Gasteiger partial charge in [0.05, 0.1) is 11.0 Å². The van der Waals surface area contributed by atoms with Gasteiger partial charge in [-0.1, -0.05) is 30.3 Å². The van der Waals surface area contributed by atoms with Gasteiger partial charge in [0.2, 0.25) is 0 Å². The molecule has 0 saturated carbocycles. The van der Waals surface area contributed by atoms with Crippen molar-refractivity contribution in [2.45, 2.75) is 18.2 Å². The Balaban J connectivity index is 2.12. The Bertz CT molecular complexity index is 487. The van der Waals surface area contributed by atoms with Crippen LogP contribution in [0.1, 0.15) is 18.5 Å². The monoisotopic (exact) mass is 268 g/mol. The van der Waals surface area contributed by atoms with E-state index in [4.69, 9.17) is 5.73 Å². The van der Waals surface area contributed by atoms with Crippen LogP contribution in [0.15, 0.2) is 30.3 Å². The van der Waals surface area contributed by atoms with Crippen LogP contribution < -0.4 is 5.73 Å². The molecular weight excluding hydrogens is 248 g/mol. The van der Waals surface area contributed by atoms with Gasteiger partial charge in [-0.3, -0.25) is 4.90 Å².